The third kappa shape index (κ3) is 2.09. The average Bonchev–Trinajstić information content (AvgIpc) is 3.04. The molecule has 0 N–H and O–H groups in total. The van der Waals surface area contributed by atoms with Gasteiger partial charge in [-0.1, -0.05) is 19.1 Å². The minimum atomic E-state index is 0.145. The Balaban J connectivity index is 2.10. The van der Waals surface area contributed by atoms with Crippen molar-refractivity contribution in [2.75, 3.05) is 6.54 Å². The molecule has 2 aromatic rings. The lowest BCUT2D eigenvalue weighted by molar-refractivity contribution is -0.129. The number of nitrogens with zero attached hydrogens (tertiary/aromatic N) is 3. The minimum absolute atomic E-state index is 0.145. The Hall–Kier alpha value is -1.84. The van der Waals surface area contributed by atoms with E-state index in [-0.39, 0.29) is 11.9 Å². The van der Waals surface area contributed by atoms with Crippen LogP contribution in [0, 0.1) is 0 Å². The summed E-state index contributed by atoms with van der Waals surface area (Å²) < 4.78 is 2.29. The summed E-state index contributed by atoms with van der Waals surface area (Å²) in [4.78, 5) is 18.6. The molecule has 4 nitrogen and oxygen atoms in total. The molecule has 0 spiro atoms. The molecule has 1 fully saturated rings. The number of rotatable bonds is 3. The van der Waals surface area contributed by atoms with Crippen LogP contribution in [-0.4, -0.2) is 26.9 Å². The maximum absolute atomic E-state index is 11.8. The summed E-state index contributed by atoms with van der Waals surface area (Å²) in [5.41, 5.74) is 2.21. The van der Waals surface area contributed by atoms with Crippen molar-refractivity contribution in [3.63, 3.8) is 0 Å². The second-order valence-corrected chi connectivity index (χ2v) is 5.48. The second kappa shape index (κ2) is 5.27. The van der Waals surface area contributed by atoms with Crippen LogP contribution in [-0.2, 0) is 11.3 Å². The van der Waals surface area contributed by atoms with E-state index in [1.807, 2.05) is 11.0 Å². The molecular formula is C16H21N3O. The first-order valence-corrected chi connectivity index (χ1v) is 7.44. The fourth-order valence-corrected chi connectivity index (χ4v) is 3.22. The largest absolute Gasteiger partial charge is 0.333 e. The van der Waals surface area contributed by atoms with Crippen molar-refractivity contribution in [2.45, 2.75) is 45.7 Å². The van der Waals surface area contributed by atoms with Crippen molar-refractivity contribution < 1.29 is 4.79 Å². The molecule has 1 aliphatic heterocycles. The van der Waals surface area contributed by atoms with Crippen LogP contribution in [0.15, 0.2) is 24.3 Å². The van der Waals surface area contributed by atoms with Gasteiger partial charge < -0.3 is 9.47 Å². The van der Waals surface area contributed by atoms with Gasteiger partial charge in [0.1, 0.15) is 5.82 Å². The smallest absolute Gasteiger partial charge is 0.220 e. The van der Waals surface area contributed by atoms with Gasteiger partial charge in [-0.15, -0.1) is 0 Å². The molecule has 1 aromatic carbocycles. The Morgan fingerprint density at radius 3 is 2.95 bits per heavy atom. The first-order valence-electron chi connectivity index (χ1n) is 7.44. The molecule has 0 saturated carbocycles. The zero-order valence-corrected chi connectivity index (χ0v) is 12.2. The first-order chi connectivity index (χ1) is 9.72. The average molecular weight is 271 g/mol. The highest BCUT2D eigenvalue weighted by molar-refractivity contribution is 5.77. The molecule has 2 heterocycles. The van der Waals surface area contributed by atoms with E-state index in [9.17, 15) is 4.79 Å². The molecule has 0 radical (unpaired) electrons. The number of carbonyl (C=O) groups is 1. The van der Waals surface area contributed by atoms with Crippen molar-refractivity contribution in [1.82, 2.24) is 14.5 Å². The number of aryl methyl sites for hydroxylation is 1. The van der Waals surface area contributed by atoms with Gasteiger partial charge in [0.25, 0.3) is 0 Å². The van der Waals surface area contributed by atoms with E-state index in [0.29, 0.717) is 0 Å². The third-order valence-corrected chi connectivity index (χ3v) is 4.09. The zero-order chi connectivity index (χ0) is 14.1. The normalized spacial score (nSPS) is 18.9. The number of amides is 1. The molecule has 1 amide bonds. The van der Waals surface area contributed by atoms with E-state index < -0.39 is 0 Å². The van der Waals surface area contributed by atoms with Crippen LogP contribution in [0.5, 0.6) is 0 Å². The number of fused-ring (bicyclic) bond motifs is 1. The molecule has 106 valence electrons. The standard InChI is InChI=1S/C16H21N3O/c1-3-10-19-14-8-5-4-7-13(14)17-16(19)15-9-6-11-18(15)12(2)20/h4-5,7-8,15H,3,6,9-11H2,1-2H3. The van der Waals surface area contributed by atoms with E-state index in [2.05, 4.69) is 29.7 Å². The number of carbonyl (C=O) groups excluding carboxylic acids is 1. The zero-order valence-electron chi connectivity index (χ0n) is 12.2. The summed E-state index contributed by atoms with van der Waals surface area (Å²) in [6.07, 6.45) is 3.16. The number of imidazole rings is 1. The molecule has 3 rings (SSSR count). The lowest BCUT2D eigenvalue weighted by Crippen LogP contribution is -2.29. The SMILES string of the molecule is CCCn1c(C2CCCN2C(C)=O)nc2ccccc21. The van der Waals surface area contributed by atoms with Crippen molar-refractivity contribution in [3.05, 3.63) is 30.1 Å². The second-order valence-electron chi connectivity index (χ2n) is 5.48. The van der Waals surface area contributed by atoms with Gasteiger partial charge in [0.2, 0.25) is 5.91 Å². The molecular weight excluding hydrogens is 250 g/mol. The third-order valence-electron chi connectivity index (χ3n) is 4.09. The van der Waals surface area contributed by atoms with Crippen LogP contribution >= 0.6 is 0 Å². The Labute approximate surface area is 119 Å². The monoisotopic (exact) mass is 271 g/mol. The van der Waals surface area contributed by atoms with E-state index in [1.165, 1.54) is 5.52 Å². The van der Waals surface area contributed by atoms with Gasteiger partial charge in [-0.05, 0) is 31.4 Å². The molecule has 1 aromatic heterocycles. The summed E-state index contributed by atoms with van der Waals surface area (Å²) in [5.74, 6) is 1.21. The van der Waals surface area contributed by atoms with E-state index in [0.717, 1.165) is 43.7 Å². The molecule has 1 saturated heterocycles. The van der Waals surface area contributed by atoms with Crippen molar-refractivity contribution in [1.29, 1.82) is 0 Å². The maximum atomic E-state index is 11.8. The fourth-order valence-electron chi connectivity index (χ4n) is 3.22. The van der Waals surface area contributed by atoms with Crippen molar-refractivity contribution in [2.24, 2.45) is 0 Å². The van der Waals surface area contributed by atoms with Gasteiger partial charge in [-0.25, -0.2) is 4.98 Å². The number of likely N-dealkylation sites (tertiary alicyclic amines) is 1. The van der Waals surface area contributed by atoms with Crippen LogP contribution in [0.4, 0.5) is 0 Å². The minimum Gasteiger partial charge on any atom is -0.333 e. The van der Waals surface area contributed by atoms with Crippen LogP contribution in [0.1, 0.15) is 45.0 Å². The van der Waals surface area contributed by atoms with Gasteiger partial charge >= 0.3 is 0 Å². The van der Waals surface area contributed by atoms with E-state index in [1.54, 1.807) is 6.92 Å². The highest BCUT2D eigenvalue weighted by Gasteiger charge is 2.31. The highest BCUT2D eigenvalue weighted by Crippen LogP contribution is 2.33. The quantitative estimate of drug-likeness (QED) is 0.860. The molecule has 0 aliphatic carbocycles. The number of aromatic nitrogens is 2. The van der Waals surface area contributed by atoms with Gasteiger partial charge in [0.15, 0.2) is 0 Å². The Bertz CT molecular complexity index is 632. The molecule has 0 bridgehead atoms. The van der Waals surface area contributed by atoms with Gasteiger partial charge in [0.05, 0.1) is 17.1 Å². The number of hydrogen-bond acceptors (Lipinski definition) is 2. The molecule has 1 unspecified atom stereocenters. The molecule has 1 atom stereocenters. The predicted octanol–water partition coefficient (Wildman–Crippen LogP) is 3.13. The summed E-state index contributed by atoms with van der Waals surface area (Å²) in [5, 5.41) is 0. The summed E-state index contributed by atoms with van der Waals surface area (Å²) >= 11 is 0. The van der Waals surface area contributed by atoms with Crippen LogP contribution in [0.3, 0.4) is 0 Å². The number of para-hydroxylation sites is 2. The lowest BCUT2D eigenvalue weighted by Gasteiger charge is -2.23. The molecule has 4 heteroatoms. The predicted molar refractivity (Wildman–Crippen MR) is 79.4 cm³/mol. The summed E-state index contributed by atoms with van der Waals surface area (Å²) in [7, 11) is 0. The Morgan fingerprint density at radius 1 is 1.40 bits per heavy atom. The van der Waals surface area contributed by atoms with Crippen molar-refractivity contribution >= 4 is 16.9 Å². The van der Waals surface area contributed by atoms with E-state index >= 15 is 0 Å². The Kier molecular flexibility index (Phi) is 3.47. The topological polar surface area (TPSA) is 38.1 Å². The first kappa shape index (κ1) is 13.2. The Morgan fingerprint density at radius 2 is 2.20 bits per heavy atom. The van der Waals surface area contributed by atoms with Gasteiger partial charge in [0, 0.05) is 20.0 Å². The van der Waals surface area contributed by atoms with Crippen LogP contribution in [0.25, 0.3) is 11.0 Å². The fraction of sp³-hybridized carbons (Fsp3) is 0.500. The maximum Gasteiger partial charge on any atom is 0.220 e. The number of benzene rings is 1. The lowest BCUT2D eigenvalue weighted by atomic mass is 10.2. The molecule has 20 heavy (non-hydrogen) atoms. The summed E-state index contributed by atoms with van der Waals surface area (Å²) in [6, 6.07) is 8.39. The van der Waals surface area contributed by atoms with Crippen molar-refractivity contribution in [3.8, 4) is 0 Å². The summed E-state index contributed by atoms with van der Waals surface area (Å²) in [6.45, 7) is 5.65. The highest BCUT2D eigenvalue weighted by atomic mass is 16.2. The van der Waals surface area contributed by atoms with Crippen LogP contribution in [0.2, 0.25) is 0 Å². The number of hydrogen-bond donors (Lipinski definition) is 0. The van der Waals surface area contributed by atoms with Gasteiger partial charge in [-0.3, -0.25) is 4.79 Å². The molecule has 1 aliphatic rings. The van der Waals surface area contributed by atoms with E-state index in [4.69, 9.17) is 4.98 Å². The van der Waals surface area contributed by atoms with Gasteiger partial charge in [-0.2, -0.15) is 0 Å². The van der Waals surface area contributed by atoms with Crippen LogP contribution < -0.4 is 0 Å².